The number of furan rings is 1. The van der Waals surface area contributed by atoms with Crippen molar-refractivity contribution in [2.45, 2.75) is 45.4 Å². The van der Waals surface area contributed by atoms with Gasteiger partial charge in [-0.1, -0.05) is 6.07 Å². The fraction of sp³-hybridized carbons (Fsp3) is 0.444. The van der Waals surface area contributed by atoms with E-state index in [0.717, 1.165) is 41.5 Å². The Kier molecular flexibility index (Phi) is 6.54. The van der Waals surface area contributed by atoms with Gasteiger partial charge < -0.3 is 19.0 Å². The summed E-state index contributed by atoms with van der Waals surface area (Å²) in [6, 6.07) is 8.97. The van der Waals surface area contributed by atoms with Gasteiger partial charge in [0.2, 0.25) is 0 Å². The van der Waals surface area contributed by atoms with Crippen LogP contribution in [0.3, 0.4) is 0 Å². The standard InChI is InChI=1S/C27H31N7O4/c1-17-13-18(2)20-15-21(26(35)28-22(20)14-17)24(25-29-30-31-34(25)16-19-5-3-11-37-19)32-7-9-33(10-8-32)27(36)23-6-4-12-38-23/h4,6,12-15,19,24H,3,5,7-11,16H2,1-2H3,(H,28,35)/t19-,24-/m0/s1. The zero-order valence-electron chi connectivity index (χ0n) is 21.6. The Labute approximate surface area is 219 Å². The second-order valence-electron chi connectivity index (χ2n) is 10.2. The summed E-state index contributed by atoms with van der Waals surface area (Å²) >= 11 is 0. The maximum atomic E-state index is 13.6. The van der Waals surface area contributed by atoms with Crippen LogP contribution < -0.4 is 5.56 Å². The van der Waals surface area contributed by atoms with Crippen molar-refractivity contribution >= 4 is 16.8 Å². The van der Waals surface area contributed by atoms with Gasteiger partial charge in [0.25, 0.3) is 11.5 Å². The van der Waals surface area contributed by atoms with E-state index in [2.05, 4.69) is 31.5 Å². The lowest BCUT2D eigenvalue weighted by Crippen LogP contribution is -2.50. The number of carbonyl (C=O) groups is 1. The summed E-state index contributed by atoms with van der Waals surface area (Å²) in [5.41, 5.74) is 3.39. The van der Waals surface area contributed by atoms with Gasteiger partial charge in [0.1, 0.15) is 6.04 Å². The largest absolute Gasteiger partial charge is 0.459 e. The molecule has 0 spiro atoms. The molecule has 0 saturated carbocycles. The van der Waals surface area contributed by atoms with Crippen molar-refractivity contribution in [3.63, 3.8) is 0 Å². The van der Waals surface area contributed by atoms with E-state index in [0.29, 0.717) is 49.9 Å². The number of hydrogen-bond acceptors (Lipinski definition) is 8. The van der Waals surface area contributed by atoms with E-state index in [1.165, 1.54) is 6.26 Å². The second kappa shape index (κ2) is 10.1. The molecule has 1 N–H and O–H groups in total. The molecule has 3 aromatic heterocycles. The molecule has 0 radical (unpaired) electrons. The van der Waals surface area contributed by atoms with Crippen molar-refractivity contribution in [3.05, 3.63) is 75.2 Å². The van der Waals surface area contributed by atoms with Crippen LogP contribution in [0.5, 0.6) is 0 Å². The number of fused-ring (bicyclic) bond motifs is 1. The number of tetrazole rings is 1. The van der Waals surface area contributed by atoms with Gasteiger partial charge in [0.15, 0.2) is 11.6 Å². The number of rotatable bonds is 6. The van der Waals surface area contributed by atoms with Crippen molar-refractivity contribution in [2.24, 2.45) is 0 Å². The number of benzene rings is 1. The Morgan fingerprint density at radius 1 is 1.18 bits per heavy atom. The molecular formula is C27H31N7O4. The Bertz CT molecular complexity index is 1500. The predicted octanol–water partition coefficient (Wildman–Crippen LogP) is 2.45. The third kappa shape index (κ3) is 4.63. The van der Waals surface area contributed by atoms with Crippen LogP contribution in [0.15, 0.2) is 45.8 Å². The number of nitrogens with one attached hydrogen (secondary N) is 1. The molecule has 38 heavy (non-hydrogen) atoms. The Balaban J connectivity index is 1.37. The maximum Gasteiger partial charge on any atom is 0.289 e. The predicted molar refractivity (Wildman–Crippen MR) is 139 cm³/mol. The van der Waals surface area contributed by atoms with Crippen LogP contribution in [0.4, 0.5) is 0 Å². The first kappa shape index (κ1) is 24.5. The van der Waals surface area contributed by atoms with Crippen molar-refractivity contribution in [2.75, 3.05) is 32.8 Å². The molecule has 2 saturated heterocycles. The number of pyridine rings is 1. The summed E-state index contributed by atoms with van der Waals surface area (Å²) in [5.74, 6) is 0.789. The number of aromatic nitrogens is 5. The molecule has 0 unspecified atom stereocenters. The minimum Gasteiger partial charge on any atom is -0.459 e. The lowest BCUT2D eigenvalue weighted by molar-refractivity contribution is 0.0550. The smallest absolute Gasteiger partial charge is 0.289 e. The van der Waals surface area contributed by atoms with E-state index < -0.39 is 6.04 Å². The Morgan fingerprint density at radius 2 is 2.03 bits per heavy atom. The summed E-state index contributed by atoms with van der Waals surface area (Å²) in [5, 5.41) is 13.7. The number of piperazine rings is 1. The normalized spacial score (nSPS) is 19.3. The number of nitrogens with zero attached hydrogens (tertiary/aromatic N) is 6. The molecule has 2 atom stereocenters. The van der Waals surface area contributed by atoms with Crippen LogP contribution in [0.2, 0.25) is 0 Å². The Hall–Kier alpha value is -3.83. The van der Waals surface area contributed by atoms with Gasteiger partial charge in [-0.15, -0.1) is 5.10 Å². The maximum absolute atomic E-state index is 13.6. The third-order valence-electron chi connectivity index (χ3n) is 7.54. The molecule has 2 aliphatic heterocycles. The minimum atomic E-state index is -0.485. The number of amides is 1. The zero-order chi connectivity index (χ0) is 26.2. The number of hydrogen-bond donors (Lipinski definition) is 1. The SMILES string of the molecule is Cc1cc(C)c2cc([C@@H](c3nnnn3C[C@@H]3CCCO3)N3CCN(C(=O)c4ccco4)CC3)c(=O)[nH]c2c1. The summed E-state index contributed by atoms with van der Waals surface area (Å²) in [4.78, 5) is 33.5. The van der Waals surface area contributed by atoms with Gasteiger partial charge in [-0.2, -0.15) is 0 Å². The monoisotopic (exact) mass is 517 g/mol. The third-order valence-corrected chi connectivity index (χ3v) is 7.54. The van der Waals surface area contributed by atoms with Gasteiger partial charge >= 0.3 is 0 Å². The first-order valence-corrected chi connectivity index (χ1v) is 13.1. The van der Waals surface area contributed by atoms with Crippen LogP contribution >= 0.6 is 0 Å². The van der Waals surface area contributed by atoms with E-state index in [1.807, 2.05) is 26.0 Å². The van der Waals surface area contributed by atoms with Crippen molar-refractivity contribution in [3.8, 4) is 0 Å². The molecule has 11 nitrogen and oxygen atoms in total. The highest BCUT2D eigenvalue weighted by molar-refractivity contribution is 5.91. The number of aryl methyl sites for hydroxylation is 2. The quantitative estimate of drug-likeness (QED) is 0.414. The van der Waals surface area contributed by atoms with Crippen LogP contribution in [0.1, 0.15) is 52.0 Å². The van der Waals surface area contributed by atoms with Crippen molar-refractivity contribution in [1.29, 1.82) is 0 Å². The van der Waals surface area contributed by atoms with E-state index in [-0.39, 0.29) is 17.6 Å². The Morgan fingerprint density at radius 3 is 2.76 bits per heavy atom. The van der Waals surface area contributed by atoms with Crippen LogP contribution in [-0.4, -0.2) is 79.8 Å². The molecule has 0 bridgehead atoms. The summed E-state index contributed by atoms with van der Waals surface area (Å²) < 4.78 is 12.9. The molecule has 5 heterocycles. The highest BCUT2D eigenvalue weighted by Gasteiger charge is 2.35. The van der Waals surface area contributed by atoms with E-state index in [1.54, 1.807) is 21.7 Å². The number of H-pyrrole nitrogens is 1. The summed E-state index contributed by atoms with van der Waals surface area (Å²) in [7, 11) is 0. The fourth-order valence-corrected chi connectivity index (χ4v) is 5.65. The van der Waals surface area contributed by atoms with Crippen molar-refractivity contribution < 1.29 is 13.9 Å². The molecule has 11 heteroatoms. The average molecular weight is 518 g/mol. The number of carbonyl (C=O) groups excluding carboxylic acids is 1. The van der Waals surface area contributed by atoms with Gasteiger partial charge in [-0.3, -0.25) is 14.5 Å². The summed E-state index contributed by atoms with van der Waals surface area (Å²) in [6.45, 7) is 7.42. The molecular weight excluding hydrogens is 486 g/mol. The molecule has 6 rings (SSSR count). The molecule has 2 fully saturated rings. The van der Waals surface area contributed by atoms with Gasteiger partial charge in [0.05, 0.1) is 18.9 Å². The van der Waals surface area contributed by atoms with Gasteiger partial charge in [-0.25, -0.2) is 4.68 Å². The molecule has 198 valence electrons. The summed E-state index contributed by atoms with van der Waals surface area (Å²) in [6.07, 6.45) is 3.51. The van der Waals surface area contributed by atoms with Crippen molar-refractivity contribution in [1.82, 2.24) is 35.0 Å². The zero-order valence-corrected chi connectivity index (χ0v) is 21.6. The first-order chi connectivity index (χ1) is 18.5. The highest BCUT2D eigenvalue weighted by atomic mass is 16.5. The fourth-order valence-electron chi connectivity index (χ4n) is 5.65. The van der Waals surface area contributed by atoms with Gasteiger partial charge in [-0.05, 0) is 72.5 Å². The topological polar surface area (TPSA) is 122 Å². The van der Waals surface area contributed by atoms with Crippen LogP contribution in [0, 0.1) is 13.8 Å². The van der Waals surface area contributed by atoms with Gasteiger partial charge in [0, 0.05) is 49.3 Å². The molecule has 4 aromatic rings. The lowest BCUT2D eigenvalue weighted by Gasteiger charge is -2.38. The first-order valence-electron chi connectivity index (χ1n) is 13.1. The second-order valence-corrected chi connectivity index (χ2v) is 10.2. The average Bonchev–Trinajstić information content (AvgIpc) is 3.69. The number of aromatic amines is 1. The molecule has 2 aliphatic rings. The highest BCUT2D eigenvalue weighted by Crippen LogP contribution is 2.30. The minimum absolute atomic E-state index is 0.0424. The van der Waals surface area contributed by atoms with E-state index in [9.17, 15) is 9.59 Å². The lowest BCUT2D eigenvalue weighted by atomic mass is 9.99. The van der Waals surface area contributed by atoms with Crippen LogP contribution in [-0.2, 0) is 11.3 Å². The number of ether oxygens (including phenoxy) is 1. The van der Waals surface area contributed by atoms with E-state index >= 15 is 0 Å². The van der Waals surface area contributed by atoms with E-state index in [4.69, 9.17) is 9.15 Å². The molecule has 1 amide bonds. The van der Waals surface area contributed by atoms with Crippen LogP contribution in [0.25, 0.3) is 10.9 Å². The molecule has 0 aliphatic carbocycles. The molecule has 1 aromatic carbocycles.